The Bertz CT molecular complexity index is 417. The number of hydrogen-bond donors (Lipinski definition) is 2. The largest absolute Gasteiger partial charge is 0.373 e. The molecule has 1 aromatic heterocycles. The van der Waals surface area contributed by atoms with E-state index < -0.39 is 0 Å². The van der Waals surface area contributed by atoms with Crippen LogP contribution in [0, 0.1) is 0 Å². The molecule has 4 nitrogen and oxygen atoms in total. The first kappa shape index (κ1) is 14.1. The van der Waals surface area contributed by atoms with Gasteiger partial charge in [-0.05, 0) is 12.8 Å². The molecule has 19 heavy (non-hydrogen) atoms. The maximum Gasteiger partial charge on any atom is 0.138 e. The molecule has 106 valence electrons. The summed E-state index contributed by atoms with van der Waals surface area (Å²) in [5, 5.41) is 6.70. The van der Waals surface area contributed by atoms with Gasteiger partial charge in [0.05, 0.1) is 0 Å². The summed E-state index contributed by atoms with van der Waals surface area (Å²) in [5.41, 5.74) is -0.0319. The van der Waals surface area contributed by atoms with Gasteiger partial charge in [0, 0.05) is 24.6 Å². The molecule has 0 bridgehead atoms. The Morgan fingerprint density at radius 2 is 1.68 bits per heavy atom. The first-order chi connectivity index (χ1) is 8.99. The van der Waals surface area contributed by atoms with Gasteiger partial charge in [-0.1, -0.05) is 40.0 Å². The minimum Gasteiger partial charge on any atom is -0.373 e. The molecule has 0 saturated heterocycles. The van der Waals surface area contributed by atoms with Crippen LogP contribution in [0.3, 0.4) is 0 Å². The van der Waals surface area contributed by atoms with Gasteiger partial charge in [-0.3, -0.25) is 0 Å². The topological polar surface area (TPSA) is 49.8 Å². The summed E-state index contributed by atoms with van der Waals surface area (Å²) in [6, 6.07) is 2.57. The fourth-order valence-electron chi connectivity index (χ4n) is 2.44. The van der Waals surface area contributed by atoms with Crippen LogP contribution in [0.1, 0.15) is 58.7 Å². The molecule has 1 aromatic rings. The van der Waals surface area contributed by atoms with Crippen molar-refractivity contribution in [3.63, 3.8) is 0 Å². The second-order valence-electron chi connectivity index (χ2n) is 6.44. The number of hydrogen-bond acceptors (Lipinski definition) is 4. The lowest BCUT2D eigenvalue weighted by atomic mass is 9.95. The van der Waals surface area contributed by atoms with Gasteiger partial charge in [0.25, 0.3) is 0 Å². The first-order valence-electron chi connectivity index (χ1n) is 7.33. The number of nitrogens with one attached hydrogen (secondary N) is 2. The van der Waals surface area contributed by atoms with Crippen LogP contribution in [0.5, 0.6) is 0 Å². The average Bonchev–Trinajstić information content (AvgIpc) is 2.38. The van der Waals surface area contributed by atoms with E-state index in [9.17, 15) is 0 Å². The summed E-state index contributed by atoms with van der Waals surface area (Å²) in [6.45, 7) is 6.44. The second-order valence-corrected chi connectivity index (χ2v) is 6.44. The average molecular weight is 262 g/mol. The van der Waals surface area contributed by atoms with E-state index in [1.807, 2.05) is 13.1 Å². The lowest BCUT2D eigenvalue weighted by molar-refractivity contribution is 0.461. The van der Waals surface area contributed by atoms with Crippen molar-refractivity contribution < 1.29 is 0 Å². The number of rotatable bonds is 3. The first-order valence-corrected chi connectivity index (χ1v) is 7.33. The van der Waals surface area contributed by atoms with Gasteiger partial charge in [-0.15, -0.1) is 0 Å². The van der Waals surface area contributed by atoms with E-state index in [1.54, 1.807) is 0 Å². The molecule has 0 aliphatic heterocycles. The summed E-state index contributed by atoms with van der Waals surface area (Å²) in [5.74, 6) is 2.73. The molecule has 0 radical (unpaired) electrons. The summed E-state index contributed by atoms with van der Waals surface area (Å²) in [6.07, 6.45) is 6.53. The highest BCUT2D eigenvalue weighted by atomic mass is 15.1. The number of nitrogens with zero attached hydrogens (tertiary/aromatic N) is 2. The van der Waals surface area contributed by atoms with Crippen molar-refractivity contribution in [2.24, 2.45) is 0 Å². The van der Waals surface area contributed by atoms with Crippen LogP contribution in [0.25, 0.3) is 0 Å². The Morgan fingerprint density at radius 3 is 2.26 bits per heavy atom. The van der Waals surface area contributed by atoms with Gasteiger partial charge in [-0.2, -0.15) is 0 Å². The van der Waals surface area contributed by atoms with E-state index in [4.69, 9.17) is 0 Å². The molecule has 0 amide bonds. The van der Waals surface area contributed by atoms with Crippen LogP contribution in [0.2, 0.25) is 0 Å². The van der Waals surface area contributed by atoms with Crippen LogP contribution >= 0.6 is 0 Å². The standard InChI is InChI=1S/C15H26N4/c1-15(2,3)14-18-12(16-4)10-13(19-14)17-11-8-6-5-7-9-11/h10-11H,5-9H2,1-4H3,(H2,16,17,18,19). The van der Waals surface area contributed by atoms with Crippen LogP contribution < -0.4 is 10.6 Å². The van der Waals surface area contributed by atoms with Crippen molar-refractivity contribution in [1.29, 1.82) is 0 Å². The van der Waals surface area contributed by atoms with Gasteiger partial charge in [0.2, 0.25) is 0 Å². The van der Waals surface area contributed by atoms with Gasteiger partial charge in [-0.25, -0.2) is 9.97 Å². The molecule has 0 aromatic carbocycles. The zero-order valence-electron chi connectivity index (χ0n) is 12.6. The second kappa shape index (κ2) is 5.76. The van der Waals surface area contributed by atoms with Crippen LogP contribution in [0.15, 0.2) is 6.07 Å². The molecule has 4 heteroatoms. The smallest absolute Gasteiger partial charge is 0.138 e. The van der Waals surface area contributed by atoms with Crippen molar-refractivity contribution in [2.45, 2.75) is 64.3 Å². The van der Waals surface area contributed by atoms with Crippen LogP contribution in [-0.2, 0) is 5.41 Å². The molecule has 2 rings (SSSR count). The minimum atomic E-state index is -0.0319. The Labute approximate surface area is 116 Å². The van der Waals surface area contributed by atoms with Crippen molar-refractivity contribution in [3.05, 3.63) is 11.9 Å². The molecule has 0 unspecified atom stereocenters. The summed E-state index contributed by atoms with van der Waals surface area (Å²) >= 11 is 0. The lowest BCUT2D eigenvalue weighted by Gasteiger charge is -2.25. The van der Waals surface area contributed by atoms with E-state index >= 15 is 0 Å². The molecular formula is C15H26N4. The highest BCUT2D eigenvalue weighted by Gasteiger charge is 2.20. The van der Waals surface area contributed by atoms with Crippen molar-refractivity contribution in [2.75, 3.05) is 17.7 Å². The minimum absolute atomic E-state index is 0.0319. The monoisotopic (exact) mass is 262 g/mol. The van der Waals surface area contributed by atoms with Crippen molar-refractivity contribution >= 4 is 11.6 Å². The van der Waals surface area contributed by atoms with Gasteiger partial charge < -0.3 is 10.6 Å². The molecule has 0 atom stereocenters. The Kier molecular flexibility index (Phi) is 4.27. The van der Waals surface area contributed by atoms with E-state index in [0.717, 1.165) is 17.5 Å². The summed E-state index contributed by atoms with van der Waals surface area (Å²) in [7, 11) is 1.90. The van der Waals surface area contributed by atoms with E-state index in [1.165, 1.54) is 32.1 Å². The summed E-state index contributed by atoms with van der Waals surface area (Å²) in [4.78, 5) is 9.24. The van der Waals surface area contributed by atoms with Gasteiger partial charge >= 0.3 is 0 Å². The van der Waals surface area contributed by atoms with Gasteiger partial charge in [0.1, 0.15) is 17.5 Å². The van der Waals surface area contributed by atoms with E-state index in [2.05, 4.69) is 41.4 Å². The molecule has 1 aliphatic carbocycles. The third-order valence-corrected chi connectivity index (χ3v) is 3.61. The molecular weight excluding hydrogens is 236 g/mol. The quantitative estimate of drug-likeness (QED) is 0.874. The fourth-order valence-corrected chi connectivity index (χ4v) is 2.44. The summed E-state index contributed by atoms with van der Waals surface area (Å²) < 4.78 is 0. The number of anilines is 2. The normalized spacial score (nSPS) is 17.3. The predicted octanol–water partition coefficient (Wildman–Crippen LogP) is 3.56. The molecule has 0 spiro atoms. The van der Waals surface area contributed by atoms with Crippen LogP contribution in [0.4, 0.5) is 11.6 Å². The zero-order chi connectivity index (χ0) is 13.9. The SMILES string of the molecule is CNc1cc(NC2CCCCC2)nc(C(C)(C)C)n1. The molecule has 1 fully saturated rings. The van der Waals surface area contributed by atoms with Crippen LogP contribution in [-0.4, -0.2) is 23.1 Å². The zero-order valence-corrected chi connectivity index (χ0v) is 12.6. The van der Waals surface area contributed by atoms with Crippen molar-refractivity contribution in [3.8, 4) is 0 Å². The Hall–Kier alpha value is -1.32. The molecule has 1 heterocycles. The molecule has 1 saturated carbocycles. The number of aromatic nitrogens is 2. The molecule has 2 N–H and O–H groups in total. The third kappa shape index (κ3) is 3.82. The Morgan fingerprint density at radius 1 is 1.05 bits per heavy atom. The maximum atomic E-state index is 4.68. The third-order valence-electron chi connectivity index (χ3n) is 3.61. The lowest BCUT2D eigenvalue weighted by Crippen LogP contribution is -2.24. The molecule has 1 aliphatic rings. The fraction of sp³-hybridized carbons (Fsp3) is 0.733. The highest BCUT2D eigenvalue weighted by Crippen LogP contribution is 2.25. The predicted molar refractivity (Wildman–Crippen MR) is 80.8 cm³/mol. The highest BCUT2D eigenvalue weighted by molar-refractivity contribution is 5.48. The maximum absolute atomic E-state index is 4.68. The Balaban J connectivity index is 2.19. The van der Waals surface area contributed by atoms with E-state index in [-0.39, 0.29) is 5.41 Å². The van der Waals surface area contributed by atoms with E-state index in [0.29, 0.717) is 6.04 Å². The van der Waals surface area contributed by atoms with Gasteiger partial charge in [0.15, 0.2) is 0 Å². The van der Waals surface area contributed by atoms with Crippen molar-refractivity contribution in [1.82, 2.24) is 9.97 Å².